The molecule has 0 saturated heterocycles. The molecule has 0 rings (SSSR count). The molecule has 0 heterocycles. The van der Waals surface area contributed by atoms with Gasteiger partial charge in [0, 0.05) is 0 Å². The van der Waals surface area contributed by atoms with Gasteiger partial charge in [0.05, 0.1) is 4.22 Å². The van der Waals surface area contributed by atoms with Gasteiger partial charge >= 0.3 is 0 Å². The highest BCUT2D eigenvalue weighted by atomic mass is 127. The van der Waals surface area contributed by atoms with Crippen LogP contribution >= 0.6 is 34.2 Å². The molecule has 8 heavy (non-hydrogen) atoms. The Bertz CT molecular complexity index is 128. The molecule has 0 bridgehead atoms. The maximum atomic E-state index is 5.47. The number of hydrogen-bond donors (Lipinski definition) is 0. The maximum Gasteiger partial charge on any atom is 0.129 e. The van der Waals surface area contributed by atoms with E-state index in [1.807, 2.05) is 22.6 Å². The summed E-state index contributed by atoms with van der Waals surface area (Å²) in [6, 6.07) is 0. The van der Waals surface area contributed by atoms with Crippen molar-refractivity contribution in [1.82, 2.24) is 0 Å². The first-order valence-electron chi connectivity index (χ1n) is 1.92. The van der Waals surface area contributed by atoms with Gasteiger partial charge in [-0.2, -0.15) is 0 Å². The molecule has 0 aliphatic rings. The van der Waals surface area contributed by atoms with Gasteiger partial charge < -0.3 is 0 Å². The van der Waals surface area contributed by atoms with E-state index in [1.54, 1.807) is 16.4 Å². The fourth-order valence-corrected chi connectivity index (χ4v) is 0.790. The Morgan fingerprint density at radius 2 is 2.38 bits per heavy atom. The average Bonchev–Trinajstić information content (AvgIpc) is 1.68. The normalized spacial score (nSPS) is 12.5. The molecule has 0 radical (unpaired) electrons. The second-order valence-electron chi connectivity index (χ2n) is 0.952. The minimum absolute atomic E-state index is 0.453. The zero-order valence-electron chi connectivity index (χ0n) is 4.14. The minimum Gasteiger partial charge on any atom is -0.238 e. The van der Waals surface area contributed by atoms with Crippen LogP contribution in [0.4, 0.5) is 0 Å². The third kappa shape index (κ3) is 4.33. The predicted molar refractivity (Wildman–Crippen MR) is 46.6 cm³/mol. The van der Waals surface area contributed by atoms with Crippen molar-refractivity contribution in [2.24, 2.45) is 4.99 Å². The molecule has 0 aromatic heterocycles. The largest absolute Gasteiger partial charge is 0.238 e. The number of rotatable bonds is 2. The molecule has 0 fully saturated rings. The van der Waals surface area contributed by atoms with Gasteiger partial charge in [0.1, 0.15) is 5.16 Å². The molecule has 0 spiro atoms. The van der Waals surface area contributed by atoms with Gasteiger partial charge in [0.15, 0.2) is 0 Å². The Balaban J connectivity index is 3.79. The number of aliphatic imine (C=N–C) groups is 1. The van der Waals surface area contributed by atoms with Crippen molar-refractivity contribution in [3.05, 3.63) is 23.9 Å². The fraction of sp³-hybridized carbons (Fsp3) is 0. The summed E-state index contributed by atoms with van der Waals surface area (Å²) >= 11 is 7.46. The summed E-state index contributed by atoms with van der Waals surface area (Å²) < 4.78 is 1.60. The molecule has 3 heteroatoms. The first-order chi connectivity index (χ1) is 3.81. The lowest BCUT2D eigenvalue weighted by atomic mass is 10.6. The van der Waals surface area contributed by atoms with E-state index in [-0.39, 0.29) is 0 Å². The molecular formula is C5H5ClIN. The molecule has 0 unspecified atom stereocenters. The lowest BCUT2D eigenvalue weighted by Gasteiger charge is -1.79. The lowest BCUT2D eigenvalue weighted by molar-refractivity contribution is 1.55. The van der Waals surface area contributed by atoms with Gasteiger partial charge in [-0.3, -0.25) is 0 Å². The van der Waals surface area contributed by atoms with Crippen molar-refractivity contribution in [2.45, 2.75) is 0 Å². The van der Waals surface area contributed by atoms with Gasteiger partial charge in [-0.15, -0.1) is 0 Å². The van der Waals surface area contributed by atoms with Crippen molar-refractivity contribution in [3.63, 3.8) is 0 Å². The second-order valence-corrected chi connectivity index (χ2v) is 1.90. The van der Waals surface area contributed by atoms with Crippen LogP contribution in [-0.4, -0.2) is 4.22 Å². The van der Waals surface area contributed by atoms with Gasteiger partial charge in [-0.25, -0.2) is 4.99 Å². The monoisotopic (exact) mass is 241 g/mol. The van der Waals surface area contributed by atoms with E-state index in [0.29, 0.717) is 5.16 Å². The van der Waals surface area contributed by atoms with Crippen LogP contribution in [0.25, 0.3) is 0 Å². The standard InChI is InChI=1S/C5H5ClIN/c1-2-3-5(6)8-4-7/h2-4H,1H2/b5-3-,8-4?. The van der Waals surface area contributed by atoms with Crippen molar-refractivity contribution in [1.29, 1.82) is 0 Å². The Kier molecular flexibility index (Phi) is 5.42. The van der Waals surface area contributed by atoms with E-state index >= 15 is 0 Å². The highest BCUT2D eigenvalue weighted by molar-refractivity contribution is 14.1. The fourth-order valence-electron chi connectivity index (χ4n) is 0.187. The number of hydrogen-bond acceptors (Lipinski definition) is 1. The first-order valence-corrected chi connectivity index (χ1v) is 3.54. The van der Waals surface area contributed by atoms with Crippen LogP contribution in [0, 0.1) is 0 Å². The molecule has 0 aromatic carbocycles. The van der Waals surface area contributed by atoms with Crippen LogP contribution in [0.1, 0.15) is 0 Å². The third-order valence-electron chi connectivity index (χ3n) is 0.428. The van der Waals surface area contributed by atoms with Gasteiger partial charge in [-0.1, -0.05) is 24.3 Å². The van der Waals surface area contributed by atoms with Crippen LogP contribution < -0.4 is 0 Å². The van der Waals surface area contributed by atoms with E-state index in [2.05, 4.69) is 11.6 Å². The Morgan fingerprint density at radius 1 is 1.75 bits per heavy atom. The first kappa shape index (κ1) is 8.17. The molecule has 44 valence electrons. The third-order valence-corrected chi connectivity index (χ3v) is 0.930. The molecule has 0 aliphatic carbocycles. The van der Waals surface area contributed by atoms with Crippen LogP contribution in [0.5, 0.6) is 0 Å². The Hall–Kier alpha value is 0.170. The average molecular weight is 241 g/mol. The van der Waals surface area contributed by atoms with Crippen molar-refractivity contribution in [3.8, 4) is 0 Å². The Labute approximate surface area is 67.3 Å². The smallest absolute Gasteiger partial charge is 0.129 e. The summed E-state index contributed by atoms with van der Waals surface area (Å²) in [5.74, 6) is 0. The SMILES string of the molecule is C=C/C=C(/Cl)N=CI. The topological polar surface area (TPSA) is 12.4 Å². The molecule has 0 amide bonds. The van der Waals surface area contributed by atoms with E-state index in [1.165, 1.54) is 0 Å². The summed E-state index contributed by atoms with van der Waals surface area (Å²) in [6.07, 6.45) is 3.21. The molecule has 1 nitrogen and oxygen atoms in total. The van der Waals surface area contributed by atoms with Gasteiger partial charge in [0.2, 0.25) is 0 Å². The van der Waals surface area contributed by atoms with Crippen LogP contribution in [0.3, 0.4) is 0 Å². The molecule has 0 N–H and O–H groups in total. The quantitative estimate of drug-likeness (QED) is 0.305. The zero-order valence-corrected chi connectivity index (χ0v) is 7.06. The van der Waals surface area contributed by atoms with Crippen LogP contribution in [0.2, 0.25) is 0 Å². The van der Waals surface area contributed by atoms with Crippen molar-refractivity contribution < 1.29 is 0 Å². The number of halogens is 2. The van der Waals surface area contributed by atoms with Crippen molar-refractivity contribution >= 4 is 38.4 Å². The van der Waals surface area contributed by atoms with Crippen LogP contribution in [-0.2, 0) is 0 Å². The van der Waals surface area contributed by atoms with E-state index in [0.717, 1.165) is 0 Å². The Morgan fingerprint density at radius 3 is 2.75 bits per heavy atom. The summed E-state index contributed by atoms with van der Waals surface area (Å²) in [6.45, 7) is 3.45. The molecule has 0 saturated carbocycles. The lowest BCUT2D eigenvalue weighted by Crippen LogP contribution is -1.58. The summed E-state index contributed by atoms with van der Waals surface area (Å²) in [4.78, 5) is 3.73. The van der Waals surface area contributed by atoms with Gasteiger partial charge in [-0.05, 0) is 28.7 Å². The predicted octanol–water partition coefficient (Wildman–Crippen LogP) is 2.72. The maximum absolute atomic E-state index is 5.47. The van der Waals surface area contributed by atoms with E-state index in [9.17, 15) is 0 Å². The highest BCUT2D eigenvalue weighted by Crippen LogP contribution is 2.01. The summed E-state index contributed by atoms with van der Waals surface area (Å²) in [5.41, 5.74) is 0. The van der Waals surface area contributed by atoms with Gasteiger partial charge in [0.25, 0.3) is 0 Å². The van der Waals surface area contributed by atoms with E-state index in [4.69, 9.17) is 11.6 Å². The zero-order chi connectivity index (χ0) is 6.41. The van der Waals surface area contributed by atoms with Crippen molar-refractivity contribution in [2.75, 3.05) is 0 Å². The molecule has 0 aromatic rings. The molecule has 0 atom stereocenters. The minimum atomic E-state index is 0.453. The number of allylic oxidation sites excluding steroid dienone is 2. The number of nitrogens with zero attached hydrogens (tertiary/aromatic N) is 1. The molecular weight excluding hydrogens is 236 g/mol. The van der Waals surface area contributed by atoms with E-state index < -0.39 is 0 Å². The highest BCUT2D eigenvalue weighted by Gasteiger charge is 1.76. The summed E-state index contributed by atoms with van der Waals surface area (Å²) in [7, 11) is 0. The molecule has 0 aliphatic heterocycles. The second kappa shape index (κ2) is 5.31. The van der Waals surface area contributed by atoms with Crippen LogP contribution in [0.15, 0.2) is 28.9 Å². The summed E-state index contributed by atoms with van der Waals surface area (Å²) in [5, 5.41) is 0.453.